The maximum atomic E-state index is 11.0. The van der Waals surface area contributed by atoms with Gasteiger partial charge in [-0.3, -0.25) is 4.79 Å². The molecule has 4 nitrogen and oxygen atoms in total. The van der Waals surface area contributed by atoms with Crippen LogP contribution in [-0.4, -0.2) is 10.9 Å². The lowest BCUT2D eigenvalue weighted by Crippen LogP contribution is -2.23. The number of H-pyrrole nitrogens is 1. The zero-order chi connectivity index (χ0) is 11.5. The van der Waals surface area contributed by atoms with Crippen molar-refractivity contribution in [2.24, 2.45) is 11.7 Å². The third kappa shape index (κ3) is 1.75. The highest BCUT2D eigenvalue weighted by Crippen LogP contribution is 2.20. The van der Waals surface area contributed by atoms with E-state index in [0.29, 0.717) is 6.42 Å². The van der Waals surface area contributed by atoms with Crippen molar-refractivity contribution in [2.45, 2.75) is 6.42 Å². The summed E-state index contributed by atoms with van der Waals surface area (Å²) in [4.78, 5) is 14.1. The van der Waals surface area contributed by atoms with Crippen LogP contribution >= 0.6 is 0 Å². The average Bonchev–Trinajstić information content (AvgIpc) is 2.73. The molecule has 2 rings (SSSR count). The summed E-state index contributed by atoms with van der Waals surface area (Å²) in [5.74, 6) is -1.34. The molecule has 0 aliphatic heterocycles. The fraction of sp³-hybridized carbons (Fsp3) is 0.167. The zero-order valence-electron chi connectivity index (χ0n) is 8.60. The molecule has 4 heteroatoms. The Morgan fingerprint density at radius 2 is 2.31 bits per heavy atom. The fourth-order valence-corrected chi connectivity index (χ4v) is 1.76. The molecule has 0 fully saturated rings. The van der Waals surface area contributed by atoms with Crippen molar-refractivity contribution in [1.29, 1.82) is 5.26 Å². The van der Waals surface area contributed by atoms with Gasteiger partial charge in [-0.15, -0.1) is 0 Å². The summed E-state index contributed by atoms with van der Waals surface area (Å²) in [5.41, 5.74) is 7.11. The number of nitriles is 1. The Labute approximate surface area is 92.7 Å². The van der Waals surface area contributed by atoms with E-state index in [-0.39, 0.29) is 0 Å². The molecule has 0 bridgehead atoms. The Kier molecular flexibility index (Phi) is 2.61. The second kappa shape index (κ2) is 4.07. The first kappa shape index (κ1) is 10.2. The minimum atomic E-state index is -0.763. The molecule has 0 aliphatic carbocycles. The summed E-state index contributed by atoms with van der Waals surface area (Å²) in [6.07, 6.45) is 2.20. The van der Waals surface area contributed by atoms with Gasteiger partial charge in [0.05, 0.1) is 6.07 Å². The normalized spacial score (nSPS) is 12.2. The van der Waals surface area contributed by atoms with Gasteiger partial charge in [0.25, 0.3) is 0 Å². The van der Waals surface area contributed by atoms with Gasteiger partial charge < -0.3 is 10.7 Å². The van der Waals surface area contributed by atoms with E-state index in [4.69, 9.17) is 11.0 Å². The lowest BCUT2D eigenvalue weighted by atomic mass is 9.97. The molecule has 1 amide bonds. The predicted molar refractivity (Wildman–Crippen MR) is 60.3 cm³/mol. The Balaban J connectivity index is 2.37. The molecule has 0 spiro atoms. The van der Waals surface area contributed by atoms with Crippen molar-refractivity contribution in [2.75, 3.05) is 0 Å². The monoisotopic (exact) mass is 213 g/mol. The SMILES string of the molecule is N#C[C@H](Cc1cccc2[nH]ccc12)C(N)=O. The molecule has 2 aromatic rings. The topological polar surface area (TPSA) is 82.7 Å². The molecule has 0 aliphatic rings. The summed E-state index contributed by atoms with van der Waals surface area (Å²) >= 11 is 0. The van der Waals surface area contributed by atoms with Crippen LogP contribution in [0.15, 0.2) is 30.5 Å². The molecule has 16 heavy (non-hydrogen) atoms. The Bertz CT molecular complexity index is 565. The Morgan fingerprint density at radius 1 is 1.50 bits per heavy atom. The number of nitrogens with one attached hydrogen (secondary N) is 1. The van der Waals surface area contributed by atoms with Crippen molar-refractivity contribution in [3.05, 3.63) is 36.0 Å². The van der Waals surface area contributed by atoms with Gasteiger partial charge in [-0.05, 0) is 24.1 Å². The second-order valence-corrected chi connectivity index (χ2v) is 3.64. The van der Waals surface area contributed by atoms with Crippen molar-refractivity contribution < 1.29 is 4.79 Å². The summed E-state index contributed by atoms with van der Waals surface area (Å²) in [6, 6.07) is 9.60. The van der Waals surface area contributed by atoms with Crippen molar-refractivity contribution in [3.63, 3.8) is 0 Å². The first-order chi connectivity index (χ1) is 7.72. The van der Waals surface area contributed by atoms with Crippen LogP contribution in [0.5, 0.6) is 0 Å². The first-order valence-electron chi connectivity index (χ1n) is 4.96. The van der Waals surface area contributed by atoms with Crippen LogP contribution in [0, 0.1) is 17.2 Å². The molecule has 80 valence electrons. The van der Waals surface area contributed by atoms with Crippen LogP contribution in [0.2, 0.25) is 0 Å². The van der Waals surface area contributed by atoms with Crippen LogP contribution < -0.4 is 5.73 Å². The van der Waals surface area contributed by atoms with Crippen molar-refractivity contribution >= 4 is 16.8 Å². The summed E-state index contributed by atoms with van der Waals surface area (Å²) < 4.78 is 0. The highest BCUT2D eigenvalue weighted by atomic mass is 16.1. The van der Waals surface area contributed by atoms with Crippen LogP contribution in [0.3, 0.4) is 0 Å². The number of hydrogen-bond acceptors (Lipinski definition) is 2. The van der Waals surface area contributed by atoms with Gasteiger partial charge in [0, 0.05) is 17.1 Å². The number of nitrogens with two attached hydrogens (primary N) is 1. The number of fused-ring (bicyclic) bond motifs is 1. The van der Waals surface area contributed by atoms with E-state index >= 15 is 0 Å². The molecule has 3 N–H and O–H groups in total. The number of hydrogen-bond donors (Lipinski definition) is 2. The number of carbonyl (C=O) groups excluding carboxylic acids is 1. The number of amides is 1. The number of benzene rings is 1. The van der Waals surface area contributed by atoms with E-state index in [1.54, 1.807) is 0 Å². The highest BCUT2D eigenvalue weighted by Gasteiger charge is 2.16. The van der Waals surface area contributed by atoms with Gasteiger partial charge in [0.15, 0.2) is 0 Å². The Hall–Kier alpha value is -2.28. The smallest absolute Gasteiger partial charge is 0.235 e. The van der Waals surface area contributed by atoms with E-state index in [0.717, 1.165) is 16.5 Å². The summed E-state index contributed by atoms with van der Waals surface area (Å²) in [6.45, 7) is 0. The van der Waals surface area contributed by atoms with Crippen molar-refractivity contribution in [1.82, 2.24) is 4.98 Å². The predicted octanol–water partition coefficient (Wildman–Crippen LogP) is 1.34. The first-order valence-corrected chi connectivity index (χ1v) is 4.96. The van der Waals surface area contributed by atoms with Gasteiger partial charge in [0.2, 0.25) is 5.91 Å². The van der Waals surface area contributed by atoms with Gasteiger partial charge in [0.1, 0.15) is 5.92 Å². The number of primary amides is 1. The van der Waals surface area contributed by atoms with Crippen LogP contribution in [-0.2, 0) is 11.2 Å². The number of nitrogens with zero attached hydrogens (tertiary/aromatic N) is 1. The van der Waals surface area contributed by atoms with Crippen molar-refractivity contribution in [3.8, 4) is 6.07 Å². The van der Waals surface area contributed by atoms with Gasteiger partial charge in [-0.25, -0.2) is 0 Å². The molecular formula is C12H11N3O. The number of aromatic nitrogens is 1. The average molecular weight is 213 g/mol. The van der Waals surface area contributed by atoms with E-state index in [1.807, 2.05) is 36.5 Å². The lowest BCUT2D eigenvalue weighted by Gasteiger charge is -2.06. The molecular weight excluding hydrogens is 202 g/mol. The fourth-order valence-electron chi connectivity index (χ4n) is 1.76. The quantitative estimate of drug-likeness (QED) is 0.806. The third-order valence-corrected chi connectivity index (χ3v) is 2.61. The third-order valence-electron chi connectivity index (χ3n) is 2.61. The largest absolute Gasteiger partial charge is 0.369 e. The number of rotatable bonds is 3. The zero-order valence-corrected chi connectivity index (χ0v) is 8.60. The van der Waals surface area contributed by atoms with Crippen LogP contribution in [0.1, 0.15) is 5.56 Å². The molecule has 0 unspecified atom stereocenters. The minimum absolute atomic E-state index is 0.362. The van der Waals surface area contributed by atoms with Crippen LogP contribution in [0.4, 0.5) is 0 Å². The molecule has 1 aromatic carbocycles. The van der Waals surface area contributed by atoms with E-state index in [2.05, 4.69) is 4.98 Å². The minimum Gasteiger partial charge on any atom is -0.369 e. The van der Waals surface area contributed by atoms with E-state index in [1.165, 1.54) is 0 Å². The van der Waals surface area contributed by atoms with E-state index < -0.39 is 11.8 Å². The highest BCUT2D eigenvalue weighted by molar-refractivity contribution is 5.85. The summed E-state index contributed by atoms with van der Waals surface area (Å²) in [7, 11) is 0. The molecule has 0 saturated heterocycles. The Morgan fingerprint density at radius 3 is 3.00 bits per heavy atom. The molecule has 1 heterocycles. The standard InChI is InChI=1S/C12H11N3O/c13-7-9(12(14)16)6-8-2-1-3-11-10(8)4-5-15-11/h1-5,9,15H,6H2,(H2,14,16)/t9-/m0/s1. The lowest BCUT2D eigenvalue weighted by molar-refractivity contribution is -0.120. The maximum absolute atomic E-state index is 11.0. The number of aromatic amines is 1. The molecule has 0 saturated carbocycles. The van der Waals surface area contributed by atoms with Gasteiger partial charge in [-0.1, -0.05) is 12.1 Å². The van der Waals surface area contributed by atoms with Gasteiger partial charge >= 0.3 is 0 Å². The van der Waals surface area contributed by atoms with Gasteiger partial charge in [-0.2, -0.15) is 5.26 Å². The maximum Gasteiger partial charge on any atom is 0.235 e. The molecule has 1 atom stereocenters. The molecule has 1 aromatic heterocycles. The molecule has 0 radical (unpaired) electrons. The number of carbonyl (C=O) groups is 1. The van der Waals surface area contributed by atoms with Crippen LogP contribution in [0.25, 0.3) is 10.9 Å². The summed E-state index contributed by atoms with van der Waals surface area (Å²) in [5, 5.41) is 9.85. The second-order valence-electron chi connectivity index (χ2n) is 3.64. The van der Waals surface area contributed by atoms with E-state index in [9.17, 15) is 4.79 Å².